The summed E-state index contributed by atoms with van der Waals surface area (Å²) in [4.78, 5) is 11.3. The van der Waals surface area contributed by atoms with Gasteiger partial charge in [-0.25, -0.2) is 26.7 Å². The Morgan fingerprint density at radius 2 is 1.24 bits per heavy atom. The molecule has 2 rings (SSSR count). The second kappa shape index (κ2) is 6.75. The summed E-state index contributed by atoms with van der Waals surface area (Å²) in [7, 11) is 0. The molecule has 0 unspecified atom stereocenters. The van der Waals surface area contributed by atoms with Crippen LogP contribution in [0.3, 0.4) is 0 Å². The second-order valence-electron chi connectivity index (χ2n) is 4.15. The van der Waals surface area contributed by atoms with Crippen LogP contribution in [-0.4, -0.2) is 6.16 Å². The molecule has 2 aromatic rings. The monoisotopic (exact) mass is 392 g/mol. The van der Waals surface area contributed by atoms with Gasteiger partial charge in [0.25, 0.3) is 0 Å². The highest BCUT2D eigenvalue weighted by Crippen LogP contribution is 2.33. The van der Waals surface area contributed by atoms with Crippen LogP contribution in [0.1, 0.15) is 0 Å². The standard InChI is InChI=1S/C13HClF8O3/c14-4-7(18)10(21)12(11(22)8(4)19)25-13(23)24-3-1-2(15)5(16)9(20)6(3)17/h1H. The average molecular weight is 393 g/mol. The Kier molecular flexibility index (Phi) is 5.07. The minimum atomic E-state index is -2.36. The van der Waals surface area contributed by atoms with E-state index in [-0.39, 0.29) is 6.07 Å². The van der Waals surface area contributed by atoms with E-state index in [0.29, 0.717) is 0 Å². The molecule has 0 aliphatic carbocycles. The summed E-state index contributed by atoms with van der Waals surface area (Å²) >= 11 is 4.93. The molecule has 0 aliphatic heterocycles. The van der Waals surface area contributed by atoms with Crippen molar-refractivity contribution in [2.24, 2.45) is 0 Å². The van der Waals surface area contributed by atoms with Gasteiger partial charge in [0, 0.05) is 6.07 Å². The molecular formula is C13HClF8O3. The molecule has 0 radical (unpaired) electrons. The highest BCUT2D eigenvalue weighted by molar-refractivity contribution is 6.30. The Morgan fingerprint density at radius 1 is 0.720 bits per heavy atom. The Hall–Kier alpha value is -2.56. The minimum Gasteiger partial charge on any atom is -0.391 e. The molecule has 134 valence electrons. The van der Waals surface area contributed by atoms with Crippen molar-refractivity contribution in [3.63, 3.8) is 0 Å². The van der Waals surface area contributed by atoms with E-state index in [1.807, 2.05) is 0 Å². The fourth-order valence-corrected chi connectivity index (χ4v) is 1.66. The van der Waals surface area contributed by atoms with Gasteiger partial charge < -0.3 is 9.47 Å². The number of ether oxygens (including phenoxy) is 2. The van der Waals surface area contributed by atoms with Crippen LogP contribution in [0.2, 0.25) is 5.02 Å². The molecule has 12 heteroatoms. The van der Waals surface area contributed by atoms with E-state index in [9.17, 15) is 39.9 Å². The minimum absolute atomic E-state index is 0.120. The van der Waals surface area contributed by atoms with Crippen molar-refractivity contribution >= 4 is 17.8 Å². The van der Waals surface area contributed by atoms with Crippen molar-refractivity contribution in [1.29, 1.82) is 0 Å². The van der Waals surface area contributed by atoms with Crippen LogP contribution in [0.25, 0.3) is 0 Å². The quantitative estimate of drug-likeness (QED) is 0.236. The van der Waals surface area contributed by atoms with Crippen molar-refractivity contribution < 1.29 is 49.4 Å². The van der Waals surface area contributed by atoms with Gasteiger partial charge in [0.1, 0.15) is 5.02 Å². The van der Waals surface area contributed by atoms with Crippen molar-refractivity contribution in [1.82, 2.24) is 0 Å². The lowest BCUT2D eigenvalue weighted by Crippen LogP contribution is -2.18. The van der Waals surface area contributed by atoms with Crippen LogP contribution >= 0.6 is 11.6 Å². The number of carbonyl (C=O) groups is 1. The zero-order valence-corrected chi connectivity index (χ0v) is 12.0. The van der Waals surface area contributed by atoms with E-state index in [0.717, 1.165) is 0 Å². The first-order valence-electron chi connectivity index (χ1n) is 5.80. The molecule has 0 bridgehead atoms. The maximum atomic E-state index is 13.4. The lowest BCUT2D eigenvalue weighted by molar-refractivity contribution is 0.143. The summed E-state index contributed by atoms with van der Waals surface area (Å²) in [6, 6.07) is -0.120. The third kappa shape index (κ3) is 3.31. The van der Waals surface area contributed by atoms with Gasteiger partial charge in [-0.15, -0.1) is 0 Å². The van der Waals surface area contributed by atoms with Gasteiger partial charge in [0.2, 0.25) is 29.0 Å². The zero-order valence-electron chi connectivity index (χ0n) is 11.2. The van der Waals surface area contributed by atoms with E-state index in [1.165, 1.54) is 0 Å². The van der Waals surface area contributed by atoms with Gasteiger partial charge in [-0.1, -0.05) is 11.6 Å². The van der Waals surface area contributed by atoms with Crippen LogP contribution in [0.4, 0.5) is 39.9 Å². The third-order valence-electron chi connectivity index (χ3n) is 2.62. The average Bonchev–Trinajstić information content (AvgIpc) is 2.58. The largest absolute Gasteiger partial charge is 0.519 e. The Bertz CT molecular complexity index is 858. The zero-order chi connectivity index (χ0) is 19.0. The van der Waals surface area contributed by atoms with Crippen molar-refractivity contribution in [2.75, 3.05) is 0 Å². The van der Waals surface area contributed by atoms with Gasteiger partial charge in [0.05, 0.1) is 0 Å². The second-order valence-corrected chi connectivity index (χ2v) is 4.53. The van der Waals surface area contributed by atoms with E-state index in [2.05, 4.69) is 9.47 Å². The van der Waals surface area contributed by atoms with Gasteiger partial charge in [-0.2, -0.15) is 13.2 Å². The van der Waals surface area contributed by atoms with E-state index < -0.39 is 69.2 Å². The van der Waals surface area contributed by atoms with Crippen LogP contribution in [0.5, 0.6) is 11.5 Å². The summed E-state index contributed by atoms with van der Waals surface area (Å²) in [6.07, 6.45) is -2.25. The number of carbonyl (C=O) groups excluding carboxylic acids is 1. The molecule has 0 N–H and O–H groups in total. The number of hydrogen-bond acceptors (Lipinski definition) is 3. The van der Waals surface area contributed by atoms with Crippen LogP contribution in [0.15, 0.2) is 6.07 Å². The summed E-state index contributed by atoms with van der Waals surface area (Å²) < 4.78 is 113. The SMILES string of the molecule is O=C(Oc1cc(F)c(F)c(F)c1F)Oc1c(F)c(F)c(Cl)c(F)c1F. The van der Waals surface area contributed by atoms with E-state index >= 15 is 0 Å². The van der Waals surface area contributed by atoms with Gasteiger partial charge in [0.15, 0.2) is 29.0 Å². The van der Waals surface area contributed by atoms with Gasteiger partial charge in [-0.3, -0.25) is 0 Å². The molecule has 0 spiro atoms. The first kappa shape index (κ1) is 18.8. The Morgan fingerprint density at radius 3 is 1.76 bits per heavy atom. The third-order valence-corrected chi connectivity index (χ3v) is 2.95. The summed E-state index contributed by atoms with van der Waals surface area (Å²) in [5, 5.41) is -1.58. The molecule has 0 saturated heterocycles. The highest BCUT2D eigenvalue weighted by atomic mass is 35.5. The highest BCUT2D eigenvalue weighted by Gasteiger charge is 2.29. The molecular weight excluding hydrogens is 392 g/mol. The van der Waals surface area contributed by atoms with Crippen molar-refractivity contribution in [2.45, 2.75) is 0 Å². The van der Waals surface area contributed by atoms with Crippen LogP contribution < -0.4 is 9.47 Å². The first-order valence-corrected chi connectivity index (χ1v) is 6.18. The number of rotatable bonds is 2. The van der Waals surface area contributed by atoms with Crippen LogP contribution in [-0.2, 0) is 0 Å². The van der Waals surface area contributed by atoms with E-state index in [4.69, 9.17) is 11.6 Å². The first-order chi connectivity index (χ1) is 11.6. The molecule has 0 amide bonds. The normalized spacial score (nSPS) is 10.8. The molecule has 0 aliphatic rings. The summed E-state index contributed by atoms with van der Waals surface area (Å²) in [5.41, 5.74) is 0. The Labute approximate surface area is 137 Å². The molecule has 2 aromatic carbocycles. The smallest absolute Gasteiger partial charge is 0.391 e. The molecule has 25 heavy (non-hydrogen) atoms. The van der Waals surface area contributed by atoms with E-state index in [1.54, 1.807) is 0 Å². The van der Waals surface area contributed by atoms with Gasteiger partial charge >= 0.3 is 6.16 Å². The van der Waals surface area contributed by atoms with Gasteiger partial charge in [-0.05, 0) is 0 Å². The number of benzene rings is 2. The lowest BCUT2D eigenvalue weighted by Gasteiger charge is -2.10. The van der Waals surface area contributed by atoms with Crippen LogP contribution in [0, 0.1) is 46.5 Å². The topological polar surface area (TPSA) is 35.5 Å². The fraction of sp³-hybridized carbons (Fsp3) is 0. The fourth-order valence-electron chi connectivity index (χ4n) is 1.49. The summed E-state index contributed by atoms with van der Waals surface area (Å²) in [6.45, 7) is 0. The molecule has 0 aromatic heterocycles. The maximum absolute atomic E-state index is 13.4. The molecule has 0 saturated carbocycles. The van der Waals surface area contributed by atoms with Crippen molar-refractivity contribution in [3.8, 4) is 11.5 Å². The molecule has 3 nitrogen and oxygen atoms in total. The lowest BCUT2D eigenvalue weighted by atomic mass is 10.3. The predicted octanol–water partition coefficient (Wildman–Crippen LogP) is 5.03. The summed E-state index contributed by atoms with van der Waals surface area (Å²) in [5.74, 6) is -20.9. The maximum Gasteiger partial charge on any atom is 0.519 e. The molecule has 0 atom stereocenters. The molecule has 0 heterocycles. The molecule has 0 fully saturated rings. The predicted molar refractivity (Wildman–Crippen MR) is 64.2 cm³/mol. The Balaban J connectivity index is 2.34. The number of hydrogen-bond donors (Lipinski definition) is 0. The number of halogens is 9. The van der Waals surface area contributed by atoms with Crippen molar-refractivity contribution in [3.05, 3.63) is 57.6 Å².